The molecule has 5 nitrogen and oxygen atoms in total. The van der Waals surface area contributed by atoms with E-state index in [0.717, 1.165) is 16.9 Å². The summed E-state index contributed by atoms with van der Waals surface area (Å²) in [5.41, 5.74) is -0.111. The van der Waals surface area contributed by atoms with Crippen LogP contribution in [0.2, 0.25) is 0 Å². The van der Waals surface area contributed by atoms with E-state index >= 15 is 0 Å². The van der Waals surface area contributed by atoms with Crippen molar-refractivity contribution in [3.63, 3.8) is 0 Å². The minimum Gasteiger partial charge on any atom is -0.385 e. The van der Waals surface area contributed by atoms with E-state index in [1.54, 1.807) is 19.3 Å². The molecule has 2 aromatic rings. The summed E-state index contributed by atoms with van der Waals surface area (Å²) in [6.45, 7) is 0. The average Bonchev–Trinajstić information content (AvgIpc) is 2.43. The first-order chi connectivity index (χ1) is 9.12. The monoisotopic (exact) mass is 277 g/mol. The summed E-state index contributed by atoms with van der Waals surface area (Å²) in [4.78, 5) is 20.5. The molecule has 0 aromatic carbocycles. The maximum absolute atomic E-state index is 12.4. The quantitative estimate of drug-likeness (QED) is 0.843. The Labute approximate surface area is 114 Å². The van der Waals surface area contributed by atoms with E-state index in [9.17, 15) is 9.90 Å². The molecule has 100 valence electrons. The maximum Gasteiger partial charge on any atom is 0.258 e. The minimum atomic E-state index is -1.01. The second-order valence-electron chi connectivity index (χ2n) is 4.87. The van der Waals surface area contributed by atoms with Crippen molar-refractivity contribution in [3.05, 3.63) is 34.5 Å². The van der Waals surface area contributed by atoms with Gasteiger partial charge in [-0.15, -0.1) is 0 Å². The van der Waals surface area contributed by atoms with E-state index in [1.807, 2.05) is 11.8 Å². The summed E-state index contributed by atoms with van der Waals surface area (Å²) in [7, 11) is 1.68. The van der Waals surface area contributed by atoms with Gasteiger partial charge < -0.3 is 5.11 Å². The van der Waals surface area contributed by atoms with Gasteiger partial charge in [-0.05, 0) is 30.4 Å². The Morgan fingerprint density at radius 2 is 2.16 bits per heavy atom. The zero-order chi connectivity index (χ0) is 13.5. The van der Waals surface area contributed by atoms with Gasteiger partial charge in [0.15, 0.2) is 0 Å². The van der Waals surface area contributed by atoms with Crippen molar-refractivity contribution < 1.29 is 5.11 Å². The summed E-state index contributed by atoms with van der Waals surface area (Å²) in [6.07, 6.45) is 4.33. The van der Waals surface area contributed by atoms with Crippen LogP contribution in [0, 0.1) is 0 Å². The molecule has 0 unspecified atom stereocenters. The van der Waals surface area contributed by atoms with Crippen molar-refractivity contribution in [2.75, 3.05) is 11.5 Å². The number of thioether (sulfide) groups is 1. The zero-order valence-corrected chi connectivity index (χ0v) is 11.5. The lowest BCUT2D eigenvalue weighted by atomic mass is 9.88. The van der Waals surface area contributed by atoms with Crippen molar-refractivity contribution in [3.8, 4) is 0 Å². The number of hydrogen-bond acceptors (Lipinski definition) is 5. The third-order valence-corrected chi connectivity index (χ3v) is 4.68. The van der Waals surface area contributed by atoms with Crippen molar-refractivity contribution in [2.24, 2.45) is 7.05 Å². The van der Waals surface area contributed by atoms with Crippen LogP contribution in [0.1, 0.15) is 18.4 Å². The van der Waals surface area contributed by atoms with Crippen LogP contribution >= 0.6 is 11.8 Å². The van der Waals surface area contributed by atoms with E-state index < -0.39 is 5.60 Å². The predicted molar refractivity (Wildman–Crippen MR) is 75.2 cm³/mol. The third-order valence-electron chi connectivity index (χ3n) is 3.69. The van der Waals surface area contributed by atoms with Crippen molar-refractivity contribution in [1.82, 2.24) is 14.5 Å². The molecule has 0 radical (unpaired) electrons. The minimum absolute atomic E-state index is 0.166. The highest BCUT2D eigenvalue weighted by atomic mass is 32.2. The number of hydrogen-bond donors (Lipinski definition) is 1. The molecule has 0 aliphatic carbocycles. The Bertz CT molecular complexity index is 677. The van der Waals surface area contributed by atoms with Gasteiger partial charge >= 0.3 is 0 Å². The number of nitrogens with zero attached hydrogens (tertiary/aromatic N) is 3. The van der Waals surface area contributed by atoms with Crippen LogP contribution in [0.5, 0.6) is 0 Å². The maximum atomic E-state index is 12.4. The van der Waals surface area contributed by atoms with Gasteiger partial charge in [-0.25, -0.2) is 9.97 Å². The van der Waals surface area contributed by atoms with Crippen LogP contribution in [0.3, 0.4) is 0 Å². The first-order valence-electron chi connectivity index (χ1n) is 6.22. The van der Waals surface area contributed by atoms with Crippen LogP contribution in [0.25, 0.3) is 11.0 Å². The lowest BCUT2D eigenvalue weighted by Gasteiger charge is -2.31. The first kappa shape index (κ1) is 12.6. The van der Waals surface area contributed by atoms with Gasteiger partial charge in [0, 0.05) is 24.2 Å². The van der Waals surface area contributed by atoms with E-state index in [2.05, 4.69) is 9.97 Å². The largest absolute Gasteiger partial charge is 0.385 e. The number of aliphatic hydroxyl groups is 1. The molecule has 1 aliphatic heterocycles. The second-order valence-corrected chi connectivity index (χ2v) is 6.09. The summed E-state index contributed by atoms with van der Waals surface area (Å²) in [5, 5.41) is 11.5. The molecule has 1 fully saturated rings. The van der Waals surface area contributed by atoms with Gasteiger partial charge in [0.2, 0.25) is 0 Å². The molecule has 3 rings (SSSR count). The number of fused-ring (bicyclic) bond motifs is 1. The van der Waals surface area contributed by atoms with E-state index in [4.69, 9.17) is 0 Å². The summed E-state index contributed by atoms with van der Waals surface area (Å²) < 4.78 is 1.49. The molecule has 2 aromatic heterocycles. The van der Waals surface area contributed by atoms with Crippen LogP contribution in [0.4, 0.5) is 0 Å². The normalized spacial score (nSPS) is 18.6. The molecule has 19 heavy (non-hydrogen) atoms. The Hall–Kier alpha value is -1.40. The third kappa shape index (κ3) is 2.04. The van der Waals surface area contributed by atoms with E-state index in [0.29, 0.717) is 24.1 Å². The molecule has 1 N–H and O–H groups in total. The summed E-state index contributed by atoms with van der Waals surface area (Å²) in [5.74, 6) is 1.76. The van der Waals surface area contributed by atoms with Crippen LogP contribution in [-0.4, -0.2) is 31.1 Å². The smallest absolute Gasteiger partial charge is 0.258 e. The molecule has 0 bridgehead atoms. The van der Waals surface area contributed by atoms with Crippen molar-refractivity contribution in [2.45, 2.75) is 18.4 Å². The zero-order valence-electron chi connectivity index (χ0n) is 10.7. The molecule has 1 aliphatic rings. The van der Waals surface area contributed by atoms with Gasteiger partial charge in [-0.1, -0.05) is 0 Å². The van der Waals surface area contributed by atoms with E-state index in [-0.39, 0.29) is 5.56 Å². The molecule has 0 amide bonds. The molecular formula is C13H15N3O2S. The highest BCUT2D eigenvalue weighted by Crippen LogP contribution is 2.34. The molecule has 1 saturated heterocycles. The van der Waals surface area contributed by atoms with Crippen LogP contribution < -0.4 is 5.56 Å². The van der Waals surface area contributed by atoms with Gasteiger partial charge in [0.1, 0.15) is 12.0 Å². The molecule has 0 spiro atoms. The van der Waals surface area contributed by atoms with Gasteiger partial charge in [0.05, 0.1) is 5.60 Å². The van der Waals surface area contributed by atoms with Crippen molar-refractivity contribution in [1.29, 1.82) is 0 Å². The lowest BCUT2D eigenvalue weighted by molar-refractivity contribution is 0.0265. The topological polar surface area (TPSA) is 68.0 Å². The highest BCUT2D eigenvalue weighted by molar-refractivity contribution is 7.99. The van der Waals surface area contributed by atoms with Crippen LogP contribution in [0.15, 0.2) is 23.4 Å². The van der Waals surface area contributed by atoms with Gasteiger partial charge in [0.25, 0.3) is 5.56 Å². The highest BCUT2D eigenvalue weighted by Gasteiger charge is 2.34. The van der Waals surface area contributed by atoms with Crippen LogP contribution in [-0.2, 0) is 12.6 Å². The molecule has 6 heteroatoms. The summed E-state index contributed by atoms with van der Waals surface area (Å²) in [6, 6.07) is 1.74. The van der Waals surface area contributed by atoms with Gasteiger partial charge in [-0.3, -0.25) is 9.36 Å². The van der Waals surface area contributed by atoms with Gasteiger partial charge in [-0.2, -0.15) is 11.8 Å². The fraction of sp³-hybridized carbons (Fsp3) is 0.462. The fourth-order valence-electron chi connectivity index (χ4n) is 2.52. The number of rotatable bonds is 1. The Morgan fingerprint density at radius 1 is 1.42 bits per heavy atom. The molecular weight excluding hydrogens is 262 g/mol. The Morgan fingerprint density at radius 3 is 2.89 bits per heavy atom. The number of aryl methyl sites for hydroxylation is 1. The lowest BCUT2D eigenvalue weighted by Crippen LogP contribution is -2.38. The van der Waals surface area contributed by atoms with Crippen molar-refractivity contribution >= 4 is 22.8 Å². The Balaban J connectivity index is 2.24. The summed E-state index contributed by atoms with van der Waals surface area (Å²) >= 11 is 1.81. The second kappa shape index (κ2) is 4.61. The SMILES string of the molecule is Cn1c(=O)c(C2(O)CCSCC2)cc2cncnc21. The van der Waals surface area contributed by atoms with E-state index in [1.165, 1.54) is 10.9 Å². The molecule has 0 saturated carbocycles. The standard InChI is InChI=1S/C13H15N3O2S/c1-16-11-9(7-14-8-15-11)6-10(12(16)17)13(18)2-4-19-5-3-13/h6-8,18H,2-5H2,1H3. The number of aromatic nitrogens is 3. The first-order valence-corrected chi connectivity index (χ1v) is 7.38. The predicted octanol–water partition coefficient (Wildman–Crippen LogP) is 1.04. The number of pyridine rings is 1. The average molecular weight is 277 g/mol. The molecule has 3 heterocycles. The Kier molecular flexibility index (Phi) is 3.06. The molecule has 0 atom stereocenters. The fourth-order valence-corrected chi connectivity index (χ4v) is 3.69.